The Balaban J connectivity index is 1.17. The molecular formula is C19H32N4O2. The van der Waals surface area contributed by atoms with E-state index in [9.17, 15) is 0 Å². The largest absolute Gasteiger partial charge is 0.377 e. The third-order valence-corrected chi connectivity index (χ3v) is 5.95. The van der Waals surface area contributed by atoms with Gasteiger partial charge in [-0.1, -0.05) is 0 Å². The lowest BCUT2D eigenvalue weighted by Gasteiger charge is -2.36. The summed E-state index contributed by atoms with van der Waals surface area (Å²) in [4.78, 5) is 5.08. The van der Waals surface area contributed by atoms with Gasteiger partial charge in [-0.15, -0.1) is 0 Å². The third-order valence-electron chi connectivity index (χ3n) is 5.95. The number of aromatic nitrogens is 2. The molecular weight excluding hydrogens is 316 g/mol. The Morgan fingerprint density at radius 3 is 2.88 bits per heavy atom. The van der Waals surface area contributed by atoms with Crippen LogP contribution in [0.2, 0.25) is 0 Å². The molecule has 3 fully saturated rings. The van der Waals surface area contributed by atoms with Gasteiger partial charge in [-0.25, -0.2) is 0 Å². The van der Waals surface area contributed by atoms with Crippen LogP contribution in [0.1, 0.15) is 37.7 Å². The van der Waals surface area contributed by atoms with Crippen LogP contribution in [-0.4, -0.2) is 77.2 Å². The van der Waals surface area contributed by atoms with Crippen LogP contribution < -0.4 is 0 Å². The summed E-state index contributed by atoms with van der Waals surface area (Å²) < 4.78 is 14.2. The van der Waals surface area contributed by atoms with Gasteiger partial charge in [0.25, 0.3) is 0 Å². The van der Waals surface area contributed by atoms with Crippen molar-refractivity contribution in [1.82, 2.24) is 19.6 Å². The lowest BCUT2D eigenvalue weighted by atomic mass is 9.99. The molecule has 140 valence electrons. The molecule has 0 aromatic carbocycles. The van der Waals surface area contributed by atoms with Crippen molar-refractivity contribution < 1.29 is 9.47 Å². The molecule has 4 heterocycles. The van der Waals surface area contributed by atoms with E-state index in [1.165, 1.54) is 37.9 Å². The summed E-state index contributed by atoms with van der Waals surface area (Å²) >= 11 is 0. The second kappa shape index (κ2) is 8.16. The molecule has 0 N–H and O–H groups in total. The molecule has 6 nitrogen and oxygen atoms in total. The van der Waals surface area contributed by atoms with Crippen LogP contribution in [0, 0.1) is 0 Å². The molecule has 0 amide bonds. The molecule has 3 saturated heterocycles. The van der Waals surface area contributed by atoms with Crippen molar-refractivity contribution in [3.63, 3.8) is 0 Å². The number of rotatable bonds is 7. The van der Waals surface area contributed by atoms with Gasteiger partial charge in [0.05, 0.1) is 31.6 Å². The van der Waals surface area contributed by atoms with E-state index in [4.69, 9.17) is 9.47 Å². The smallest absolute Gasteiger partial charge is 0.0813 e. The quantitative estimate of drug-likeness (QED) is 0.701. The summed E-state index contributed by atoms with van der Waals surface area (Å²) in [6.45, 7) is 7.32. The fraction of sp³-hybridized carbons (Fsp3) is 0.842. The molecule has 3 aliphatic rings. The van der Waals surface area contributed by atoms with Crippen molar-refractivity contribution in [2.24, 2.45) is 7.05 Å². The molecule has 0 unspecified atom stereocenters. The molecule has 3 aliphatic heterocycles. The second-order valence-electron chi connectivity index (χ2n) is 7.85. The van der Waals surface area contributed by atoms with E-state index in [1.807, 2.05) is 17.9 Å². The first-order chi connectivity index (χ1) is 12.3. The van der Waals surface area contributed by atoms with Gasteiger partial charge in [-0.2, -0.15) is 5.10 Å². The summed E-state index contributed by atoms with van der Waals surface area (Å²) in [5, 5.41) is 4.28. The highest BCUT2D eigenvalue weighted by Gasteiger charge is 2.39. The number of likely N-dealkylation sites (tertiary alicyclic amines) is 2. The average molecular weight is 348 g/mol. The summed E-state index contributed by atoms with van der Waals surface area (Å²) in [6, 6.07) is 0.570. The zero-order valence-corrected chi connectivity index (χ0v) is 15.5. The van der Waals surface area contributed by atoms with Gasteiger partial charge in [0, 0.05) is 44.5 Å². The van der Waals surface area contributed by atoms with Gasteiger partial charge < -0.3 is 14.4 Å². The molecule has 6 heteroatoms. The number of ether oxygens (including phenoxy) is 2. The highest BCUT2D eigenvalue weighted by molar-refractivity contribution is 5.05. The van der Waals surface area contributed by atoms with Crippen LogP contribution in [0.3, 0.4) is 0 Å². The van der Waals surface area contributed by atoms with E-state index in [0.717, 1.165) is 45.7 Å². The van der Waals surface area contributed by atoms with Gasteiger partial charge in [0.15, 0.2) is 0 Å². The van der Waals surface area contributed by atoms with Crippen molar-refractivity contribution >= 4 is 0 Å². The first-order valence-electron chi connectivity index (χ1n) is 9.95. The van der Waals surface area contributed by atoms with Crippen LogP contribution in [0.15, 0.2) is 12.4 Å². The molecule has 1 aromatic heterocycles. The Hall–Kier alpha value is -0.950. The lowest BCUT2D eigenvalue weighted by molar-refractivity contribution is -0.100. The van der Waals surface area contributed by atoms with Crippen molar-refractivity contribution in [3.05, 3.63) is 18.0 Å². The predicted octanol–water partition coefficient (Wildman–Crippen LogP) is 1.65. The maximum absolute atomic E-state index is 6.35. The van der Waals surface area contributed by atoms with Crippen LogP contribution in [0.25, 0.3) is 0 Å². The maximum atomic E-state index is 6.35. The van der Waals surface area contributed by atoms with E-state index in [1.54, 1.807) is 0 Å². The Labute approximate surface area is 151 Å². The minimum Gasteiger partial charge on any atom is -0.377 e. The van der Waals surface area contributed by atoms with Crippen LogP contribution in [-0.2, 0) is 23.1 Å². The zero-order valence-electron chi connectivity index (χ0n) is 15.5. The number of hydrogen-bond acceptors (Lipinski definition) is 5. The molecule has 0 radical (unpaired) electrons. The fourth-order valence-corrected chi connectivity index (χ4v) is 4.61. The summed E-state index contributed by atoms with van der Waals surface area (Å²) in [5.74, 6) is 0. The first-order valence-corrected chi connectivity index (χ1v) is 9.95. The monoisotopic (exact) mass is 348 g/mol. The molecule has 1 aromatic rings. The standard InChI is InChI=1S/C19H32N4O2/c1-21-13-16(12-20-21)14-23-9-6-19-18(23)5-4-17(25-19)15-24-11-10-22-7-2-3-8-22/h12-13,17-19H,2-11,14-15H2,1H3/t17-,18-,19-/m0/s1. The molecule has 0 spiro atoms. The topological polar surface area (TPSA) is 42.8 Å². The van der Waals surface area contributed by atoms with E-state index in [0.29, 0.717) is 12.1 Å². The van der Waals surface area contributed by atoms with Crippen molar-refractivity contribution in [3.8, 4) is 0 Å². The number of aryl methyl sites for hydroxylation is 1. The maximum Gasteiger partial charge on any atom is 0.0813 e. The summed E-state index contributed by atoms with van der Waals surface area (Å²) in [5.41, 5.74) is 1.30. The van der Waals surface area contributed by atoms with E-state index in [-0.39, 0.29) is 6.10 Å². The summed E-state index contributed by atoms with van der Waals surface area (Å²) in [6.07, 6.45) is 11.0. The SMILES string of the molecule is Cn1cc(CN2CC[C@@H]3O[C@H](COCCN4CCCC4)CC[C@@H]32)cn1. The molecule has 0 aliphatic carbocycles. The van der Waals surface area contributed by atoms with Crippen LogP contribution in [0.4, 0.5) is 0 Å². The Morgan fingerprint density at radius 2 is 2.08 bits per heavy atom. The molecule has 0 saturated carbocycles. The highest BCUT2D eigenvalue weighted by Crippen LogP contribution is 2.32. The molecule has 4 rings (SSSR count). The van der Waals surface area contributed by atoms with Crippen molar-refractivity contribution in [1.29, 1.82) is 0 Å². The normalized spacial score (nSPS) is 30.8. The minimum absolute atomic E-state index is 0.290. The predicted molar refractivity (Wildman–Crippen MR) is 96.4 cm³/mol. The van der Waals surface area contributed by atoms with E-state index < -0.39 is 0 Å². The Morgan fingerprint density at radius 1 is 1.20 bits per heavy atom. The molecule has 0 bridgehead atoms. The van der Waals surface area contributed by atoms with E-state index >= 15 is 0 Å². The third kappa shape index (κ3) is 4.42. The molecule has 3 atom stereocenters. The number of hydrogen-bond donors (Lipinski definition) is 0. The second-order valence-corrected chi connectivity index (χ2v) is 7.85. The van der Waals surface area contributed by atoms with Crippen molar-refractivity contribution in [2.75, 3.05) is 39.4 Å². The number of fused-ring (bicyclic) bond motifs is 1. The lowest BCUT2D eigenvalue weighted by Crippen LogP contribution is -2.43. The van der Waals surface area contributed by atoms with Crippen LogP contribution >= 0.6 is 0 Å². The first kappa shape index (κ1) is 17.5. The fourth-order valence-electron chi connectivity index (χ4n) is 4.61. The average Bonchev–Trinajstić information content (AvgIpc) is 3.34. The molecule has 25 heavy (non-hydrogen) atoms. The van der Waals surface area contributed by atoms with Gasteiger partial charge >= 0.3 is 0 Å². The Bertz CT molecular complexity index is 543. The van der Waals surface area contributed by atoms with Gasteiger partial charge in [-0.3, -0.25) is 9.58 Å². The number of nitrogens with zero attached hydrogens (tertiary/aromatic N) is 4. The van der Waals surface area contributed by atoms with Crippen LogP contribution in [0.5, 0.6) is 0 Å². The highest BCUT2D eigenvalue weighted by atomic mass is 16.5. The Kier molecular flexibility index (Phi) is 5.70. The zero-order chi connectivity index (χ0) is 17.1. The minimum atomic E-state index is 0.290. The van der Waals surface area contributed by atoms with Crippen molar-refractivity contribution in [2.45, 2.75) is 56.9 Å². The van der Waals surface area contributed by atoms with E-state index in [2.05, 4.69) is 21.1 Å². The van der Waals surface area contributed by atoms with Gasteiger partial charge in [0.1, 0.15) is 0 Å². The summed E-state index contributed by atoms with van der Waals surface area (Å²) in [7, 11) is 1.98. The van der Waals surface area contributed by atoms with Gasteiger partial charge in [0.2, 0.25) is 0 Å². The van der Waals surface area contributed by atoms with Gasteiger partial charge in [-0.05, 0) is 45.2 Å².